The second kappa shape index (κ2) is 5.39. The van der Waals surface area contributed by atoms with E-state index in [4.69, 9.17) is 0 Å². The van der Waals surface area contributed by atoms with Gasteiger partial charge in [-0.15, -0.1) is 0 Å². The summed E-state index contributed by atoms with van der Waals surface area (Å²) < 4.78 is 26.3. The number of nitrogens with zero attached hydrogens (tertiary/aromatic N) is 2. The molecule has 0 spiro atoms. The van der Waals surface area contributed by atoms with Crippen LogP contribution in [0.25, 0.3) is 0 Å². The molecule has 2 amide bonds. The Labute approximate surface area is 129 Å². The number of rotatable bonds is 2. The molecule has 2 fully saturated rings. The van der Waals surface area contributed by atoms with Crippen molar-refractivity contribution >= 4 is 21.8 Å². The molecular weight excluding hydrogens is 304 g/mol. The topological polar surface area (TPSA) is 74.8 Å². The molecule has 2 aliphatic rings. The minimum atomic E-state index is -3.71. The molecule has 0 aromatic heterocycles. The van der Waals surface area contributed by atoms with Crippen molar-refractivity contribution in [3.8, 4) is 0 Å². The molecular formula is C15H18N2O4S. The molecule has 2 heterocycles. The van der Waals surface area contributed by atoms with Crippen molar-refractivity contribution in [2.45, 2.75) is 30.6 Å². The Morgan fingerprint density at radius 3 is 2.45 bits per heavy atom. The van der Waals surface area contributed by atoms with Crippen LogP contribution < -0.4 is 0 Å². The highest BCUT2D eigenvalue weighted by molar-refractivity contribution is 7.90. The van der Waals surface area contributed by atoms with E-state index in [9.17, 15) is 18.0 Å². The molecule has 0 radical (unpaired) electrons. The van der Waals surface area contributed by atoms with Gasteiger partial charge in [0.15, 0.2) is 0 Å². The van der Waals surface area contributed by atoms with Crippen molar-refractivity contribution in [3.63, 3.8) is 0 Å². The Balaban J connectivity index is 1.85. The van der Waals surface area contributed by atoms with E-state index in [0.29, 0.717) is 24.8 Å². The average Bonchev–Trinajstić information content (AvgIpc) is 2.99. The highest BCUT2D eigenvalue weighted by Gasteiger charge is 2.46. The average molecular weight is 322 g/mol. The van der Waals surface area contributed by atoms with Crippen molar-refractivity contribution in [3.05, 3.63) is 35.9 Å². The first-order valence-electron chi connectivity index (χ1n) is 7.29. The molecule has 7 heteroatoms. The monoisotopic (exact) mass is 322 g/mol. The molecule has 22 heavy (non-hydrogen) atoms. The smallest absolute Gasteiger partial charge is 0.258 e. The number of carbonyl (C=O) groups excluding carboxylic acids is 2. The van der Waals surface area contributed by atoms with Gasteiger partial charge >= 0.3 is 0 Å². The third-order valence-electron chi connectivity index (χ3n) is 4.46. The summed E-state index contributed by atoms with van der Waals surface area (Å²) in [6.07, 6.45) is 1.07. The summed E-state index contributed by atoms with van der Waals surface area (Å²) in [6.45, 7) is 0.180. The van der Waals surface area contributed by atoms with Gasteiger partial charge in [0.25, 0.3) is 5.91 Å². The molecule has 118 valence electrons. The van der Waals surface area contributed by atoms with Gasteiger partial charge in [0.2, 0.25) is 15.9 Å². The van der Waals surface area contributed by atoms with E-state index in [1.165, 1.54) is 4.90 Å². The number of benzene rings is 1. The molecule has 0 aliphatic carbocycles. The molecule has 0 saturated carbocycles. The molecule has 2 aliphatic heterocycles. The first-order valence-corrected chi connectivity index (χ1v) is 8.79. The fourth-order valence-corrected chi connectivity index (χ4v) is 5.11. The van der Waals surface area contributed by atoms with E-state index < -0.39 is 27.2 Å². The van der Waals surface area contributed by atoms with Crippen LogP contribution >= 0.6 is 0 Å². The number of likely N-dealkylation sites (tertiary alicyclic amines) is 1. The van der Waals surface area contributed by atoms with Gasteiger partial charge in [0.1, 0.15) is 11.3 Å². The van der Waals surface area contributed by atoms with Crippen LogP contribution in [0.15, 0.2) is 30.3 Å². The highest BCUT2D eigenvalue weighted by atomic mass is 32.2. The summed E-state index contributed by atoms with van der Waals surface area (Å²) in [4.78, 5) is 25.5. The van der Waals surface area contributed by atoms with Crippen LogP contribution in [0.5, 0.6) is 0 Å². The Morgan fingerprint density at radius 1 is 1.18 bits per heavy atom. The third-order valence-corrected chi connectivity index (χ3v) is 6.66. The van der Waals surface area contributed by atoms with E-state index >= 15 is 0 Å². The summed E-state index contributed by atoms with van der Waals surface area (Å²) in [5.74, 6) is -0.596. The minimum Gasteiger partial charge on any atom is -0.334 e. The predicted molar refractivity (Wildman–Crippen MR) is 80.2 cm³/mol. The number of hydrogen-bond donors (Lipinski definition) is 0. The Bertz CT molecular complexity index is 702. The standard InChI is InChI=1S/C15H18N2O4S/c1-16-12(7-8-14(16)18)15(19)17-10-9-13(22(17,20)21)11-5-3-2-4-6-11/h2-6,12-13H,7-10H2,1H3/t12-,13?/m1/s1. The molecule has 0 N–H and O–H groups in total. The summed E-state index contributed by atoms with van der Waals surface area (Å²) in [5.41, 5.74) is 0.702. The zero-order valence-electron chi connectivity index (χ0n) is 12.3. The summed E-state index contributed by atoms with van der Waals surface area (Å²) in [6, 6.07) is 8.28. The first kappa shape index (κ1) is 15.0. The molecule has 2 atom stereocenters. The van der Waals surface area contributed by atoms with Gasteiger partial charge in [-0.05, 0) is 18.4 Å². The van der Waals surface area contributed by atoms with Gasteiger partial charge in [-0.25, -0.2) is 12.7 Å². The lowest BCUT2D eigenvalue weighted by molar-refractivity contribution is -0.136. The van der Waals surface area contributed by atoms with Gasteiger partial charge in [0, 0.05) is 20.0 Å². The van der Waals surface area contributed by atoms with E-state index in [2.05, 4.69) is 0 Å². The molecule has 1 aromatic carbocycles. The quantitative estimate of drug-likeness (QED) is 0.811. The van der Waals surface area contributed by atoms with Crippen molar-refractivity contribution < 1.29 is 18.0 Å². The van der Waals surface area contributed by atoms with Crippen LogP contribution in [0.1, 0.15) is 30.1 Å². The maximum Gasteiger partial charge on any atom is 0.258 e. The Hall–Kier alpha value is -1.89. The molecule has 1 aromatic rings. The maximum atomic E-state index is 12.7. The van der Waals surface area contributed by atoms with E-state index in [-0.39, 0.29) is 12.5 Å². The molecule has 1 unspecified atom stereocenters. The third kappa shape index (κ3) is 2.29. The van der Waals surface area contributed by atoms with E-state index in [1.54, 1.807) is 31.3 Å². The zero-order chi connectivity index (χ0) is 15.9. The van der Waals surface area contributed by atoms with Gasteiger partial charge in [-0.3, -0.25) is 9.59 Å². The first-order chi connectivity index (χ1) is 10.4. The van der Waals surface area contributed by atoms with Crippen LogP contribution in [-0.4, -0.2) is 49.1 Å². The number of hydrogen-bond acceptors (Lipinski definition) is 4. The predicted octanol–water partition coefficient (Wildman–Crippen LogP) is 0.911. The van der Waals surface area contributed by atoms with Crippen LogP contribution in [-0.2, 0) is 19.6 Å². The second-order valence-electron chi connectivity index (χ2n) is 5.70. The molecule has 6 nitrogen and oxygen atoms in total. The zero-order valence-corrected chi connectivity index (χ0v) is 13.1. The Morgan fingerprint density at radius 2 is 1.86 bits per heavy atom. The number of carbonyl (C=O) groups is 2. The van der Waals surface area contributed by atoms with Gasteiger partial charge < -0.3 is 4.90 Å². The highest BCUT2D eigenvalue weighted by Crippen LogP contribution is 2.36. The normalized spacial score (nSPS) is 27.4. The summed E-state index contributed by atoms with van der Waals surface area (Å²) >= 11 is 0. The van der Waals surface area contributed by atoms with Crippen LogP contribution in [0.3, 0.4) is 0 Å². The lowest BCUT2D eigenvalue weighted by Gasteiger charge is -2.24. The fourth-order valence-electron chi connectivity index (χ4n) is 3.17. The largest absolute Gasteiger partial charge is 0.334 e. The number of amides is 2. The SMILES string of the molecule is CN1C(=O)CC[C@@H]1C(=O)N1CCC(c2ccccc2)S1(=O)=O. The minimum absolute atomic E-state index is 0.116. The van der Waals surface area contributed by atoms with Crippen LogP contribution in [0.2, 0.25) is 0 Å². The van der Waals surface area contributed by atoms with Crippen LogP contribution in [0.4, 0.5) is 0 Å². The van der Waals surface area contributed by atoms with Gasteiger partial charge in [-0.1, -0.05) is 30.3 Å². The van der Waals surface area contributed by atoms with Crippen molar-refractivity contribution in [1.82, 2.24) is 9.21 Å². The molecule has 3 rings (SSSR count). The van der Waals surface area contributed by atoms with Gasteiger partial charge in [-0.2, -0.15) is 0 Å². The van der Waals surface area contributed by atoms with E-state index in [1.807, 2.05) is 6.07 Å². The Kier molecular flexibility index (Phi) is 3.68. The van der Waals surface area contributed by atoms with Crippen molar-refractivity contribution in [1.29, 1.82) is 0 Å². The molecule has 2 saturated heterocycles. The van der Waals surface area contributed by atoms with E-state index in [0.717, 1.165) is 4.31 Å². The summed E-state index contributed by atoms with van der Waals surface area (Å²) in [7, 11) is -2.16. The van der Waals surface area contributed by atoms with Crippen molar-refractivity contribution in [2.75, 3.05) is 13.6 Å². The second-order valence-corrected chi connectivity index (χ2v) is 7.74. The number of sulfonamides is 1. The number of likely N-dealkylation sites (N-methyl/N-ethyl adjacent to an activating group) is 1. The fraction of sp³-hybridized carbons (Fsp3) is 0.467. The van der Waals surface area contributed by atoms with Crippen LogP contribution in [0, 0.1) is 0 Å². The van der Waals surface area contributed by atoms with Gasteiger partial charge in [0.05, 0.1) is 0 Å². The summed E-state index contributed by atoms with van der Waals surface area (Å²) in [5, 5.41) is -0.680. The molecule has 0 bridgehead atoms. The van der Waals surface area contributed by atoms with Crippen molar-refractivity contribution in [2.24, 2.45) is 0 Å². The maximum absolute atomic E-state index is 12.7. The lowest BCUT2D eigenvalue weighted by Crippen LogP contribution is -2.46. The lowest BCUT2D eigenvalue weighted by atomic mass is 10.1.